The van der Waals surface area contributed by atoms with Crippen LogP contribution in [0.15, 0.2) is 0 Å². The van der Waals surface area contributed by atoms with Crippen LogP contribution in [0.2, 0.25) is 0 Å². The summed E-state index contributed by atoms with van der Waals surface area (Å²) in [7, 11) is 1.76. The number of methoxy groups -OCH3 is 1. The molecule has 15 heavy (non-hydrogen) atoms. The van der Waals surface area contributed by atoms with E-state index in [4.69, 9.17) is 21.1 Å². The predicted octanol–water partition coefficient (Wildman–Crippen LogP) is 1.74. The van der Waals surface area contributed by atoms with Crippen molar-refractivity contribution in [2.45, 2.75) is 32.0 Å². The minimum absolute atomic E-state index is 0.0330. The molecule has 0 aromatic carbocycles. The first-order valence-electron chi connectivity index (χ1n) is 5.52. The Morgan fingerprint density at radius 3 is 2.87 bits per heavy atom. The van der Waals surface area contributed by atoms with Gasteiger partial charge in [0.25, 0.3) is 0 Å². The second-order valence-electron chi connectivity index (χ2n) is 4.66. The lowest BCUT2D eigenvalue weighted by Gasteiger charge is -2.34. The summed E-state index contributed by atoms with van der Waals surface area (Å²) in [5.74, 6) is 0.587. The third kappa shape index (κ3) is 4.68. The lowest BCUT2D eigenvalue weighted by Crippen LogP contribution is -2.45. The van der Waals surface area contributed by atoms with Crippen LogP contribution < -0.4 is 0 Å². The van der Waals surface area contributed by atoms with Gasteiger partial charge in [-0.05, 0) is 20.3 Å². The van der Waals surface area contributed by atoms with Gasteiger partial charge in [-0.3, -0.25) is 4.90 Å². The van der Waals surface area contributed by atoms with E-state index in [0.717, 1.165) is 32.7 Å². The third-order valence-corrected chi connectivity index (χ3v) is 3.32. The van der Waals surface area contributed by atoms with Crippen LogP contribution in [0.5, 0.6) is 0 Å². The summed E-state index contributed by atoms with van der Waals surface area (Å²) in [5, 5.41) is 0. The fourth-order valence-corrected chi connectivity index (χ4v) is 1.79. The number of nitrogens with zero attached hydrogens (tertiary/aromatic N) is 1. The normalized spacial score (nSPS) is 24.4. The van der Waals surface area contributed by atoms with Gasteiger partial charge in [0.15, 0.2) is 0 Å². The van der Waals surface area contributed by atoms with E-state index in [9.17, 15) is 0 Å². The predicted molar refractivity (Wildman–Crippen MR) is 62.6 cm³/mol. The van der Waals surface area contributed by atoms with Gasteiger partial charge in [0.05, 0.1) is 18.3 Å². The van der Waals surface area contributed by atoms with Crippen molar-refractivity contribution in [3.63, 3.8) is 0 Å². The number of hydrogen-bond acceptors (Lipinski definition) is 3. The molecule has 1 rings (SSSR count). The zero-order valence-electron chi connectivity index (χ0n) is 9.96. The Morgan fingerprint density at radius 2 is 2.27 bits per heavy atom. The van der Waals surface area contributed by atoms with Gasteiger partial charge in [0.2, 0.25) is 0 Å². The van der Waals surface area contributed by atoms with E-state index in [1.807, 2.05) is 0 Å². The summed E-state index contributed by atoms with van der Waals surface area (Å²) in [6, 6.07) is 0. The van der Waals surface area contributed by atoms with Crippen LogP contribution in [-0.2, 0) is 9.47 Å². The Balaban J connectivity index is 2.26. The first-order valence-corrected chi connectivity index (χ1v) is 6.06. The van der Waals surface area contributed by atoms with Crippen LogP contribution in [0.25, 0.3) is 0 Å². The van der Waals surface area contributed by atoms with Crippen LogP contribution in [-0.4, -0.2) is 55.8 Å². The summed E-state index contributed by atoms with van der Waals surface area (Å²) in [5.41, 5.74) is -0.0330. The molecule has 1 atom stereocenters. The fraction of sp³-hybridized carbons (Fsp3) is 1.00. The number of hydrogen-bond donors (Lipinski definition) is 0. The zero-order chi connectivity index (χ0) is 11.3. The molecule has 1 fully saturated rings. The van der Waals surface area contributed by atoms with Crippen molar-refractivity contribution in [3.05, 3.63) is 0 Å². The smallest absolute Gasteiger partial charge is 0.0837 e. The molecular formula is C11H22ClNO2. The molecule has 0 amide bonds. The van der Waals surface area contributed by atoms with Crippen LogP contribution in [0.1, 0.15) is 20.3 Å². The lowest BCUT2D eigenvalue weighted by molar-refractivity contribution is -0.0341. The molecule has 0 saturated carbocycles. The molecule has 0 aliphatic carbocycles. The van der Waals surface area contributed by atoms with Crippen molar-refractivity contribution in [1.29, 1.82) is 0 Å². The van der Waals surface area contributed by atoms with Gasteiger partial charge in [-0.25, -0.2) is 0 Å². The molecule has 1 aliphatic rings. The van der Waals surface area contributed by atoms with Crippen LogP contribution >= 0.6 is 11.6 Å². The Bertz CT molecular complexity index is 187. The molecule has 1 unspecified atom stereocenters. The molecule has 1 heterocycles. The van der Waals surface area contributed by atoms with E-state index in [1.54, 1.807) is 7.11 Å². The molecule has 0 N–H and O–H groups in total. The monoisotopic (exact) mass is 235 g/mol. The largest absolute Gasteiger partial charge is 0.379 e. The third-order valence-electron chi connectivity index (χ3n) is 2.98. The van der Waals surface area contributed by atoms with Crippen molar-refractivity contribution < 1.29 is 9.47 Å². The Hall–Kier alpha value is 0.170. The van der Waals surface area contributed by atoms with Crippen LogP contribution in [0.4, 0.5) is 0 Å². The molecule has 1 saturated heterocycles. The highest BCUT2D eigenvalue weighted by atomic mass is 35.5. The Morgan fingerprint density at radius 1 is 1.53 bits per heavy atom. The lowest BCUT2D eigenvalue weighted by atomic mass is 10.0. The highest BCUT2D eigenvalue weighted by molar-refractivity contribution is 6.18. The first-order chi connectivity index (χ1) is 7.07. The molecule has 0 aromatic heterocycles. The van der Waals surface area contributed by atoms with Crippen molar-refractivity contribution in [3.8, 4) is 0 Å². The summed E-state index contributed by atoms with van der Waals surface area (Å²) >= 11 is 5.79. The van der Waals surface area contributed by atoms with E-state index in [-0.39, 0.29) is 11.7 Å². The van der Waals surface area contributed by atoms with E-state index in [2.05, 4.69) is 18.7 Å². The number of morpholine rings is 1. The van der Waals surface area contributed by atoms with Gasteiger partial charge in [-0.2, -0.15) is 0 Å². The van der Waals surface area contributed by atoms with Crippen molar-refractivity contribution in [2.24, 2.45) is 0 Å². The Labute approximate surface area is 97.7 Å². The molecule has 1 aliphatic heterocycles. The van der Waals surface area contributed by atoms with Gasteiger partial charge < -0.3 is 9.47 Å². The zero-order valence-corrected chi connectivity index (χ0v) is 10.7. The summed E-state index contributed by atoms with van der Waals surface area (Å²) in [6.45, 7) is 8.04. The number of rotatable bonds is 5. The van der Waals surface area contributed by atoms with Crippen molar-refractivity contribution >= 4 is 11.6 Å². The minimum atomic E-state index is -0.0330. The molecule has 0 radical (unpaired) electrons. The molecular weight excluding hydrogens is 214 g/mol. The SMILES string of the molecule is COC(C)(C)CCN1CCOC(CCl)C1. The average molecular weight is 236 g/mol. The molecule has 0 bridgehead atoms. The van der Waals surface area contributed by atoms with Gasteiger partial charge in [0, 0.05) is 32.6 Å². The van der Waals surface area contributed by atoms with Gasteiger partial charge in [0.1, 0.15) is 0 Å². The summed E-state index contributed by atoms with van der Waals surface area (Å²) in [4.78, 5) is 2.40. The number of ether oxygens (including phenoxy) is 2. The molecule has 0 spiro atoms. The molecule has 4 heteroatoms. The highest BCUT2D eigenvalue weighted by Crippen LogP contribution is 2.15. The fourth-order valence-electron chi connectivity index (χ4n) is 1.61. The van der Waals surface area contributed by atoms with E-state index < -0.39 is 0 Å². The van der Waals surface area contributed by atoms with Crippen LogP contribution in [0.3, 0.4) is 0 Å². The summed E-state index contributed by atoms with van der Waals surface area (Å²) in [6.07, 6.45) is 1.24. The van der Waals surface area contributed by atoms with E-state index in [1.165, 1.54) is 0 Å². The quantitative estimate of drug-likeness (QED) is 0.678. The Kier molecular flexibility index (Phi) is 5.33. The highest BCUT2D eigenvalue weighted by Gasteiger charge is 2.22. The van der Waals surface area contributed by atoms with Gasteiger partial charge >= 0.3 is 0 Å². The first kappa shape index (κ1) is 13.2. The number of alkyl halides is 1. The maximum absolute atomic E-state index is 5.79. The second-order valence-corrected chi connectivity index (χ2v) is 4.97. The van der Waals surface area contributed by atoms with Crippen LogP contribution in [0, 0.1) is 0 Å². The van der Waals surface area contributed by atoms with Gasteiger partial charge in [-0.1, -0.05) is 0 Å². The van der Waals surface area contributed by atoms with Crippen molar-refractivity contribution in [1.82, 2.24) is 4.90 Å². The summed E-state index contributed by atoms with van der Waals surface area (Å²) < 4.78 is 10.9. The topological polar surface area (TPSA) is 21.7 Å². The maximum Gasteiger partial charge on any atom is 0.0837 e. The number of halogens is 1. The van der Waals surface area contributed by atoms with Crippen molar-refractivity contribution in [2.75, 3.05) is 39.2 Å². The maximum atomic E-state index is 5.79. The van der Waals surface area contributed by atoms with Gasteiger partial charge in [-0.15, -0.1) is 11.6 Å². The molecule has 3 nitrogen and oxygen atoms in total. The minimum Gasteiger partial charge on any atom is -0.379 e. The van der Waals surface area contributed by atoms with E-state index >= 15 is 0 Å². The molecule has 0 aromatic rings. The average Bonchev–Trinajstić information content (AvgIpc) is 2.27. The standard InChI is InChI=1S/C11H22ClNO2/c1-11(2,14-3)4-5-13-6-7-15-10(8-12)9-13/h10H,4-9H2,1-3H3. The van der Waals surface area contributed by atoms with E-state index in [0.29, 0.717) is 5.88 Å². The molecule has 90 valence electrons. The second kappa shape index (κ2) is 6.04.